The Bertz CT molecular complexity index is 1240. The smallest absolute Gasteiger partial charge is 0.478 e. The van der Waals surface area contributed by atoms with E-state index in [0.717, 1.165) is 29.8 Å². The fourth-order valence-electron chi connectivity index (χ4n) is 3.14. The van der Waals surface area contributed by atoms with E-state index < -0.39 is 24.1 Å². The van der Waals surface area contributed by atoms with E-state index in [4.69, 9.17) is 16.2 Å². The first-order valence-electron chi connectivity index (χ1n) is 10.3. The molecule has 3 aromatic rings. The molecule has 0 atom stereocenters. The summed E-state index contributed by atoms with van der Waals surface area (Å²) in [6.07, 6.45) is -2.69. The predicted octanol–water partition coefficient (Wildman–Crippen LogP) is 5.07. The molecular weight excluding hydrogens is 465 g/mol. The van der Waals surface area contributed by atoms with Gasteiger partial charge in [-0.15, -0.1) is 13.2 Å². The van der Waals surface area contributed by atoms with Crippen molar-refractivity contribution in [2.45, 2.75) is 19.2 Å². The van der Waals surface area contributed by atoms with Gasteiger partial charge in [0.25, 0.3) is 0 Å². The summed E-state index contributed by atoms with van der Waals surface area (Å²) < 4.78 is 45.7. The third-order valence-corrected chi connectivity index (χ3v) is 4.86. The molecule has 0 bridgehead atoms. The summed E-state index contributed by atoms with van der Waals surface area (Å²) in [7, 11) is 0. The van der Waals surface area contributed by atoms with Crippen molar-refractivity contribution in [3.63, 3.8) is 0 Å². The Labute approximate surface area is 198 Å². The van der Waals surface area contributed by atoms with Crippen molar-refractivity contribution in [1.82, 2.24) is 0 Å². The molecule has 0 aromatic heterocycles. The molecule has 0 spiro atoms. The number of nitrogen functional groups attached to an aromatic ring is 2. The van der Waals surface area contributed by atoms with Crippen LogP contribution in [0.15, 0.2) is 72.3 Å². The van der Waals surface area contributed by atoms with Gasteiger partial charge in [0.2, 0.25) is 0 Å². The Hall–Kier alpha value is -4.47. The van der Waals surface area contributed by atoms with Gasteiger partial charge in [0, 0.05) is 16.9 Å². The standard InChI is InChI=1S/C25H21F3N2O5/c26-25(27,28)35-21-11-6-17(7-12-21)24(33)34-20-9-1-15(2-10-20)13-18(23(31)32)4-3-16-5-8-19(29)14-22(16)30/h1-2,5-14H,3-4,29-30H2,(H,31,32)/b18-13+. The number of rotatable bonds is 8. The molecule has 0 unspecified atom stereocenters. The second-order valence-electron chi connectivity index (χ2n) is 7.46. The maximum absolute atomic E-state index is 12.2. The van der Waals surface area contributed by atoms with Gasteiger partial charge in [-0.3, -0.25) is 0 Å². The monoisotopic (exact) mass is 486 g/mol. The second kappa shape index (κ2) is 10.6. The zero-order chi connectivity index (χ0) is 25.6. The van der Waals surface area contributed by atoms with Crippen LogP contribution in [0.3, 0.4) is 0 Å². The minimum atomic E-state index is -4.83. The van der Waals surface area contributed by atoms with Gasteiger partial charge < -0.3 is 26.0 Å². The lowest BCUT2D eigenvalue weighted by Crippen LogP contribution is -2.17. The SMILES string of the molecule is Nc1ccc(CC/C(=C\c2ccc(OC(=O)c3ccc(OC(F)(F)F)cc3)cc2)C(=O)O)c(N)c1. The van der Waals surface area contributed by atoms with Gasteiger partial charge >= 0.3 is 18.3 Å². The molecule has 182 valence electrons. The maximum atomic E-state index is 12.2. The molecule has 0 aliphatic rings. The fourth-order valence-corrected chi connectivity index (χ4v) is 3.14. The largest absolute Gasteiger partial charge is 0.573 e. The van der Waals surface area contributed by atoms with Crippen molar-refractivity contribution < 1.29 is 37.3 Å². The number of aliphatic carboxylic acids is 1. The molecule has 0 aliphatic carbocycles. The Morgan fingerprint density at radius 1 is 0.914 bits per heavy atom. The predicted molar refractivity (Wildman–Crippen MR) is 124 cm³/mol. The summed E-state index contributed by atoms with van der Waals surface area (Å²) >= 11 is 0. The number of hydrogen-bond acceptors (Lipinski definition) is 6. The molecule has 0 heterocycles. The van der Waals surface area contributed by atoms with E-state index in [1.54, 1.807) is 30.3 Å². The number of anilines is 2. The fraction of sp³-hybridized carbons (Fsp3) is 0.120. The normalized spacial score (nSPS) is 11.7. The lowest BCUT2D eigenvalue weighted by atomic mass is 10.0. The van der Waals surface area contributed by atoms with E-state index in [2.05, 4.69) is 4.74 Å². The van der Waals surface area contributed by atoms with E-state index in [1.807, 2.05) is 0 Å². The summed E-state index contributed by atoms with van der Waals surface area (Å²) in [5.41, 5.74) is 14.2. The average molecular weight is 486 g/mol. The quantitative estimate of drug-likeness (QED) is 0.176. The average Bonchev–Trinajstić information content (AvgIpc) is 2.78. The van der Waals surface area contributed by atoms with Crippen LogP contribution in [-0.4, -0.2) is 23.4 Å². The molecule has 10 heteroatoms. The minimum Gasteiger partial charge on any atom is -0.478 e. The van der Waals surface area contributed by atoms with Crippen LogP contribution >= 0.6 is 0 Å². The van der Waals surface area contributed by atoms with Crippen LogP contribution < -0.4 is 20.9 Å². The Morgan fingerprint density at radius 3 is 2.11 bits per heavy atom. The van der Waals surface area contributed by atoms with Gasteiger partial charge in [0.15, 0.2) is 0 Å². The number of aryl methyl sites for hydroxylation is 1. The van der Waals surface area contributed by atoms with E-state index in [-0.39, 0.29) is 23.3 Å². The molecule has 0 fully saturated rings. The number of hydrogen-bond donors (Lipinski definition) is 3. The minimum absolute atomic E-state index is 0.0265. The van der Waals surface area contributed by atoms with Gasteiger partial charge in [-0.05, 0) is 78.6 Å². The summed E-state index contributed by atoms with van der Waals surface area (Å²) in [5, 5.41) is 9.55. The van der Waals surface area contributed by atoms with Gasteiger partial charge in [0.1, 0.15) is 11.5 Å². The van der Waals surface area contributed by atoms with Crippen molar-refractivity contribution in [3.05, 3.63) is 89.0 Å². The summed E-state index contributed by atoms with van der Waals surface area (Å²) in [6.45, 7) is 0. The summed E-state index contributed by atoms with van der Waals surface area (Å²) in [6, 6.07) is 15.5. The van der Waals surface area contributed by atoms with E-state index >= 15 is 0 Å². The summed E-state index contributed by atoms with van der Waals surface area (Å²) in [5.74, 6) is -2.14. The topological polar surface area (TPSA) is 125 Å². The molecule has 7 nitrogen and oxygen atoms in total. The molecule has 3 aromatic carbocycles. The first kappa shape index (κ1) is 25.2. The van der Waals surface area contributed by atoms with Crippen LogP contribution in [0.2, 0.25) is 0 Å². The van der Waals surface area contributed by atoms with Crippen LogP contribution in [0.4, 0.5) is 24.5 Å². The number of nitrogens with two attached hydrogens (primary N) is 2. The maximum Gasteiger partial charge on any atom is 0.573 e. The van der Waals surface area contributed by atoms with E-state index in [0.29, 0.717) is 23.4 Å². The second-order valence-corrected chi connectivity index (χ2v) is 7.46. The van der Waals surface area contributed by atoms with Crippen molar-refractivity contribution >= 4 is 29.4 Å². The third kappa shape index (κ3) is 7.53. The van der Waals surface area contributed by atoms with Crippen LogP contribution in [0.1, 0.15) is 27.9 Å². The van der Waals surface area contributed by atoms with Crippen LogP contribution in [-0.2, 0) is 11.2 Å². The number of carbonyl (C=O) groups excluding carboxylic acids is 1. The van der Waals surface area contributed by atoms with Gasteiger partial charge in [-0.25, -0.2) is 9.59 Å². The van der Waals surface area contributed by atoms with Crippen LogP contribution in [0, 0.1) is 0 Å². The highest BCUT2D eigenvalue weighted by Gasteiger charge is 2.31. The Balaban J connectivity index is 1.64. The summed E-state index contributed by atoms with van der Waals surface area (Å²) in [4.78, 5) is 23.9. The Morgan fingerprint density at radius 2 is 1.54 bits per heavy atom. The molecule has 0 saturated carbocycles. The molecule has 0 amide bonds. The zero-order valence-corrected chi connectivity index (χ0v) is 18.2. The number of benzene rings is 3. The van der Waals surface area contributed by atoms with Crippen molar-refractivity contribution in [3.8, 4) is 11.5 Å². The molecule has 0 saturated heterocycles. The van der Waals surface area contributed by atoms with E-state index in [9.17, 15) is 27.9 Å². The lowest BCUT2D eigenvalue weighted by Gasteiger charge is -2.09. The third-order valence-electron chi connectivity index (χ3n) is 4.86. The number of ether oxygens (including phenoxy) is 2. The molecule has 0 aliphatic heterocycles. The number of halogens is 3. The number of alkyl halides is 3. The van der Waals surface area contributed by atoms with Gasteiger partial charge in [-0.2, -0.15) is 0 Å². The number of carbonyl (C=O) groups is 2. The number of carboxylic acid groups (broad SMARTS) is 1. The van der Waals surface area contributed by atoms with E-state index in [1.165, 1.54) is 18.2 Å². The Kier molecular flexibility index (Phi) is 7.65. The molecule has 5 N–H and O–H groups in total. The highest BCUT2D eigenvalue weighted by Crippen LogP contribution is 2.24. The molecule has 0 radical (unpaired) electrons. The molecule has 3 rings (SSSR count). The van der Waals surface area contributed by atoms with Crippen LogP contribution in [0.25, 0.3) is 6.08 Å². The first-order chi connectivity index (χ1) is 16.5. The zero-order valence-electron chi connectivity index (χ0n) is 18.2. The van der Waals surface area contributed by atoms with Crippen molar-refractivity contribution in [2.24, 2.45) is 0 Å². The first-order valence-corrected chi connectivity index (χ1v) is 10.3. The van der Waals surface area contributed by atoms with Crippen molar-refractivity contribution in [1.29, 1.82) is 0 Å². The molecular formula is C25H21F3N2O5. The van der Waals surface area contributed by atoms with Crippen LogP contribution in [0.5, 0.6) is 11.5 Å². The highest BCUT2D eigenvalue weighted by molar-refractivity contribution is 5.92. The van der Waals surface area contributed by atoms with Gasteiger partial charge in [-0.1, -0.05) is 18.2 Å². The van der Waals surface area contributed by atoms with Crippen molar-refractivity contribution in [2.75, 3.05) is 11.5 Å². The number of esters is 1. The highest BCUT2D eigenvalue weighted by atomic mass is 19.4. The number of carboxylic acids is 1. The lowest BCUT2D eigenvalue weighted by molar-refractivity contribution is -0.274. The molecule has 35 heavy (non-hydrogen) atoms. The van der Waals surface area contributed by atoms with Gasteiger partial charge in [0.05, 0.1) is 5.56 Å².